The first-order valence-electron chi connectivity index (χ1n) is 9.54. The molecule has 7 nitrogen and oxygen atoms in total. The molecule has 0 aliphatic carbocycles. The first-order valence-corrected chi connectivity index (χ1v) is 9.54. The maximum absolute atomic E-state index is 12.5. The molecule has 1 aliphatic rings. The number of fused-ring (bicyclic) bond motifs is 1. The average Bonchev–Trinajstić information content (AvgIpc) is 2.75. The van der Waals surface area contributed by atoms with Gasteiger partial charge in [0.2, 0.25) is 0 Å². The topological polar surface area (TPSA) is 80.3 Å². The van der Waals surface area contributed by atoms with E-state index < -0.39 is 6.10 Å². The van der Waals surface area contributed by atoms with E-state index in [1.807, 2.05) is 12.1 Å². The number of hydrogen-bond acceptors (Lipinski definition) is 7. The molecule has 2 aromatic carbocycles. The second-order valence-corrected chi connectivity index (χ2v) is 7.09. The van der Waals surface area contributed by atoms with Crippen LogP contribution in [-0.2, 0) is 11.2 Å². The van der Waals surface area contributed by atoms with Gasteiger partial charge in [-0.05, 0) is 38.0 Å². The molecule has 3 rings (SSSR count). The van der Waals surface area contributed by atoms with E-state index in [1.165, 1.54) is 28.1 Å². The summed E-state index contributed by atoms with van der Waals surface area (Å²) in [6, 6.07) is 7.18. The van der Waals surface area contributed by atoms with Crippen molar-refractivity contribution >= 4 is 11.6 Å². The molecule has 7 heteroatoms. The zero-order chi connectivity index (χ0) is 22.0. The Morgan fingerprint density at radius 1 is 0.900 bits per heavy atom. The molecule has 0 bridgehead atoms. The summed E-state index contributed by atoms with van der Waals surface area (Å²) >= 11 is 0. The largest absolute Gasteiger partial charge is 0.493 e. The Hall–Kier alpha value is -3.22. The van der Waals surface area contributed by atoms with E-state index in [0.717, 1.165) is 5.56 Å². The Balaban J connectivity index is 2.18. The van der Waals surface area contributed by atoms with E-state index in [9.17, 15) is 9.59 Å². The van der Waals surface area contributed by atoms with Gasteiger partial charge in [-0.25, -0.2) is 0 Å². The van der Waals surface area contributed by atoms with Crippen molar-refractivity contribution in [2.75, 3.05) is 28.4 Å². The fraction of sp³-hybridized carbons (Fsp3) is 0.391. The Morgan fingerprint density at radius 3 is 2.10 bits per heavy atom. The highest BCUT2D eigenvalue weighted by atomic mass is 16.5. The van der Waals surface area contributed by atoms with E-state index in [4.69, 9.17) is 23.7 Å². The normalized spacial score (nSPS) is 17.4. The first-order chi connectivity index (χ1) is 14.4. The number of methoxy groups -OCH3 is 4. The molecule has 160 valence electrons. The standard InChI is InChI=1S/C23H26O7/c1-12(24)21-16-10-15(14-7-8-17(26-3)19(9-14)27-4)22(13(2)25)30-18(16)11-20(28-5)23(21)29-6/h7-9,11,15,22H,10H2,1-6H3. The van der Waals surface area contributed by atoms with E-state index in [2.05, 4.69) is 0 Å². The van der Waals surface area contributed by atoms with Crippen LogP contribution in [-0.4, -0.2) is 46.1 Å². The summed E-state index contributed by atoms with van der Waals surface area (Å²) in [5, 5.41) is 0. The lowest BCUT2D eigenvalue weighted by atomic mass is 9.81. The van der Waals surface area contributed by atoms with Crippen molar-refractivity contribution in [3.8, 4) is 28.7 Å². The SMILES string of the molecule is COc1ccc(C2Cc3c(cc(OC)c(OC)c3C(C)=O)OC2C(C)=O)cc1OC. The van der Waals surface area contributed by atoms with E-state index in [0.29, 0.717) is 46.3 Å². The number of ether oxygens (including phenoxy) is 5. The maximum Gasteiger partial charge on any atom is 0.172 e. The summed E-state index contributed by atoms with van der Waals surface area (Å²) in [6.45, 7) is 2.97. The van der Waals surface area contributed by atoms with Gasteiger partial charge >= 0.3 is 0 Å². The van der Waals surface area contributed by atoms with Crippen LogP contribution in [0.1, 0.15) is 41.3 Å². The monoisotopic (exact) mass is 414 g/mol. The molecular formula is C23H26O7. The third-order valence-corrected chi connectivity index (χ3v) is 5.37. The minimum absolute atomic E-state index is 0.111. The van der Waals surface area contributed by atoms with Gasteiger partial charge in [0.1, 0.15) is 5.75 Å². The van der Waals surface area contributed by atoms with Crippen molar-refractivity contribution in [1.29, 1.82) is 0 Å². The van der Waals surface area contributed by atoms with Crippen LogP contribution < -0.4 is 23.7 Å². The zero-order valence-electron chi connectivity index (χ0n) is 18.0. The molecule has 1 aliphatic heterocycles. The van der Waals surface area contributed by atoms with Crippen molar-refractivity contribution < 1.29 is 33.3 Å². The van der Waals surface area contributed by atoms with Gasteiger partial charge < -0.3 is 23.7 Å². The number of carbonyl (C=O) groups excluding carboxylic acids is 2. The molecule has 0 spiro atoms. The Kier molecular flexibility index (Phi) is 6.20. The maximum atomic E-state index is 12.5. The minimum Gasteiger partial charge on any atom is -0.493 e. The molecule has 0 radical (unpaired) electrons. The van der Waals surface area contributed by atoms with Gasteiger partial charge in [-0.3, -0.25) is 9.59 Å². The van der Waals surface area contributed by atoms with Gasteiger partial charge in [-0.1, -0.05) is 6.07 Å². The van der Waals surface area contributed by atoms with Crippen LogP contribution in [0.4, 0.5) is 0 Å². The summed E-state index contributed by atoms with van der Waals surface area (Å²) in [4.78, 5) is 25.0. The van der Waals surface area contributed by atoms with Gasteiger partial charge in [0.05, 0.1) is 34.0 Å². The lowest BCUT2D eigenvalue weighted by molar-refractivity contribution is -0.125. The Morgan fingerprint density at radius 2 is 1.57 bits per heavy atom. The second kappa shape index (κ2) is 8.65. The molecule has 0 aromatic heterocycles. The van der Waals surface area contributed by atoms with Crippen LogP contribution in [0.5, 0.6) is 28.7 Å². The van der Waals surface area contributed by atoms with Crippen molar-refractivity contribution in [2.24, 2.45) is 0 Å². The fourth-order valence-electron chi connectivity index (χ4n) is 3.98. The summed E-state index contributed by atoms with van der Waals surface area (Å²) in [7, 11) is 6.10. The van der Waals surface area contributed by atoms with Gasteiger partial charge in [-0.15, -0.1) is 0 Å². The third kappa shape index (κ3) is 3.67. The van der Waals surface area contributed by atoms with E-state index in [1.54, 1.807) is 26.4 Å². The number of carbonyl (C=O) groups is 2. The van der Waals surface area contributed by atoms with Crippen molar-refractivity contribution in [3.63, 3.8) is 0 Å². The number of rotatable bonds is 7. The number of ketones is 2. The first kappa shape index (κ1) is 21.5. The Bertz CT molecular complexity index is 980. The molecule has 2 aromatic rings. The van der Waals surface area contributed by atoms with Crippen molar-refractivity contribution in [1.82, 2.24) is 0 Å². The molecule has 1 heterocycles. The molecule has 0 N–H and O–H groups in total. The zero-order valence-corrected chi connectivity index (χ0v) is 18.0. The minimum atomic E-state index is -0.714. The van der Waals surface area contributed by atoms with E-state index in [-0.39, 0.29) is 17.5 Å². The molecule has 2 unspecified atom stereocenters. The highest BCUT2D eigenvalue weighted by Crippen LogP contribution is 2.46. The molecular weight excluding hydrogens is 388 g/mol. The van der Waals surface area contributed by atoms with E-state index >= 15 is 0 Å². The molecule has 2 atom stereocenters. The predicted molar refractivity (Wildman–Crippen MR) is 111 cm³/mol. The van der Waals surface area contributed by atoms with Crippen molar-refractivity contribution in [2.45, 2.75) is 32.3 Å². The number of hydrogen-bond donors (Lipinski definition) is 0. The van der Waals surface area contributed by atoms with Crippen LogP contribution in [0.15, 0.2) is 24.3 Å². The number of Topliss-reactive ketones (excluding diaryl/α,β-unsaturated/α-hetero) is 2. The highest BCUT2D eigenvalue weighted by molar-refractivity contribution is 6.00. The molecule has 30 heavy (non-hydrogen) atoms. The Labute approximate surface area is 175 Å². The summed E-state index contributed by atoms with van der Waals surface area (Å²) in [5.74, 6) is 1.75. The second-order valence-electron chi connectivity index (χ2n) is 7.09. The highest BCUT2D eigenvalue weighted by Gasteiger charge is 2.38. The summed E-state index contributed by atoms with van der Waals surface area (Å²) in [5.41, 5.74) is 1.94. The summed E-state index contributed by atoms with van der Waals surface area (Å²) in [6.07, 6.45) is -0.293. The van der Waals surface area contributed by atoms with Gasteiger partial charge in [-0.2, -0.15) is 0 Å². The lowest BCUT2D eigenvalue weighted by Crippen LogP contribution is -2.37. The summed E-state index contributed by atoms with van der Waals surface area (Å²) < 4.78 is 27.7. The lowest BCUT2D eigenvalue weighted by Gasteiger charge is -2.34. The smallest absolute Gasteiger partial charge is 0.172 e. The molecule has 0 amide bonds. The van der Waals surface area contributed by atoms with Crippen LogP contribution in [0, 0.1) is 0 Å². The van der Waals surface area contributed by atoms with Crippen LogP contribution in [0.25, 0.3) is 0 Å². The van der Waals surface area contributed by atoms with Gasteiger partial charge in [0.15, 0.2) is 40.7 Å². The molecule has 0 saturated heterocycles. The average molecular weight is 414 g/mol. The van der Waals surface area contributed by atoms with Crippen LogP contribution >= 0.6 is 0 Å². The van der Waals surface area contributed by atoms with Gasteiger partial charge in [0, 0.05) is 17.5 Å². The molecule has 0 saturated carbocycles. The predicted octanol–water partition coefficient (Wildman–Crippen LogP) is 3.60. The quantitative estimate of drug-likeness (QED) is 0.641. The van der Waals surface area contributed by atoms with Gasteiger partial charge in [0.25, 0.3) is 0 Å². The van der Waals surface area contributed by atoms with Crippen LogP contribution in [0.2, 0.25) is 0 Å². The van der Waals surface area contributed by atoms with Crippen molar-refractivity contribution in [3.05, 3.63) is 41.0 Å². The fourth-order valence-corrected chi connectivity index (χ4v) is 3.98. The van der Waals surface area contributed by atoms with Crippen LogP contribution in [0.3, 0.4) is 0 Å². The third-order valence-electron chi connectivity index (χ3n) is 5.37. The molecule has 0 fully saturated rings. The number of benzene rings is 2.